The van der Waals surface area contributed by atoms with Crippen LogP contribution in [0.3, 0.4) is 0 Å². The summed E-state index contributed by atoms with van der Waals surface area (Å²) < 4.78 is 2.03. The zero-order valence-electron chi connectivity index (χ0n) is 16.8. The van der Waals surface area contributed by atoms with Gasteiger partial charge in [0.15, 0.2) is 0 Å². The number of carbonyl (C=O) groups is 2. The summed E-state index contributed by atoms with van der Waals surface area (Å²) in [6, 6.07) is 11.3. The molecule has 1 unspecified atom stereocenters. The first kappa shape index (κ1) is 20.5. The second-order valence-corrected chi connectivity index (χ2v) is 7.94. The van der Waals surface area contributed by atoms with Crippen LogP contribution in [0.2, 0.25) is 5.02 Å². The molecule has 1 fully saturated rings. The molecule has 1 aromatic carbocycles. The Labute approximate surface area is 171 Å². The Morgan fingerprint density at radius 2 is 1.93 bits per heavy atom. The van der Waals surface area contributed by atoms with E-state index in [4.69, 9.17) is 11.6 Å². The maximum atomic E-state index is 13.2. The van der Waals surface area contributed by atoms with Gasteiger partial charge in [-0.3, -0.25) is 9.59 Å². The smallest absolute Gasteiger partial charge is 0.256 e. The molecule has 1 aliphatic rings. The topological polar surface area (TPSA) is 45.6 Å². The molecular formula is C22H28ClN3O2. The first-order valence-electron chi connectivity index (χ1n) is 9.87. The average molecular weight is 402 g/mol. The molecule has 5 nitrogen and oxygen atoms in total. The van der Waals surface area contributed by atoms with E-state index in [1.54, 1.807) is 29.2 Å². The lowest BCUT2D eigenvalue weighted by atomic mass is 10.1. The first-order valence-corrected chi connectivity index (χ1v) is 10.2. The molecule has 0 radical (unpaired) electrons. The van der Waals surface area contributed by atoms with Gasteiger partial charge in [-0.1, -0.05) is 30.7 Å². The molecule has 0 aliphatic heterocycles. The van der Waals surface area contributed by atoms with Crippen molar-refractivity contribution in [1.82, 2.24) is 14.4 Å². The Morgan fingerprint density at radius 3 is 2.50 bits per heavy atom. The summed E-state index contributed by atoms with van der Waals surface area (Å²) in [5.41, 5.74) is 1.53. The minimum atomic E-state index is -0.192. The number of hydrogen-bond acceptors (Lipinski definition) is 2. The molecule has 0 N–H and O–H groups in total. The molecule has 0 bridgehead atoms. The third-order valence-corrected chi connectivity index (χ3v) is 5.81. The Hall–Kier alpha value is -2.27. The van der Waals surface area contributed by atoms with Gasteiger partial charge >= 0.3 is 0 Å². The number of amides is 2. The number of carbonyl (C=O) groups excluding carboxylic acids is 2. The van der Waals surface area contributed by atoms with Crippen LogP contribution in [0.4, 0.5) is 0 Å². The Balaban J connectivity index is 1.79. The van der Waals surface area contributed by atoms with E-state index in [2.05, 4.69) is 0 Å². The molecule has 1 aromatic heterocycles. The van der Waals surface area contributed by atoms with Gasteiger partial charge < -0.3 is 14.4 Å². The van der Waals surface area contributed by atoms with Crippen molar-refractivity contribution in [3.8, 4) is 0 Å². The van der Waals surface area contributed by atoms with Crippen LogP contribution >= 0.6 is 11.6 Å². The Bertz CT molecular complexity index is 844. The molecule has 2 amide bonds. The summed E-state index contributed by atoms with van der Waals surface area (Å²) in [6.07, 6.45) is 4.80. The number of benzene rings is 1. The first-order chi connectivity index (χ1) is 13.4. The van der Waals surface area contributed by atoms with Crippen molar-refractivity contribution in [3.05, 3.63) is 58.9 Å². The van der Waals surface area contributed by atoms with Crippen LogP contribution in [-0.4, -0.2) is 44.8 Å². The number of nitrogens with zero attached hydrogens (tertiary/aromatic N) is 3. The molecule has 0 spiro atoms. The number of aromatic nitrogens is 1. The molecular weight excluding hydrogens is 374 g/mol. The van der Waals surface area contributed by atoms with Gasteiger partial charge in [-0.2, -0.15) is 0 Å². The molecule has 6 heteroatoms. The highest BCUT2D eigenvalue weighted by atomic mass is 35.5. The number of rotatable bonds is 8. The predicted octanol–water partition coefficient (Wildman–Crippen LogP) is 4.11. The largest absolute Gasteiger partial charge is 0.353 e. The van der Waals surface area contributed by atoms with Gasteiger partial charge in [0.05, 0.1) is 17.1 Å². The monoisotopic (exact) mass is 401 g/mol. The minimum absolute atomic E-state index is 0.00981. The lowest BCUT2D eigenvalue weighted by Gasteiger charge is -2.31. The SMILES string of the molecule is CCC(C)N(CC(=O)N(Cc1cccn1C)C1CC1)C(=O)c1ccccc1Cl. The van der Waals surface area contributed by atoms with E-state index in [0.29, 0.717) is 17.1 Å². The van der Waals surface area contributed by atoms with Crippen molar-refractivity contribution in [2.45, 2.75) is 51.7 Å². The van der Waals surface area contributed by atoms with Gasteiger partial charge in [-0.05, 0) is 50.5 Å². The van der Waals surface area contributed by atoms with E-state index < -0.39 is 0 Å². The summed E-state index contributed by atoms with van der Waals surface area (Å²) in [4.78, 5) is 29.9. The number of hydrogen-bond donors (Lipinski definition) is 0. The fraction of sp³-hybridized carbons (Fsp3) is 0.455. The van der Waals surface area contributed by atoms with Gasteiger partial charge in [0, 0.05) is 31.0 Å². The van der Waals surface area contributed by atoms with E-state index in [-0.39, 0.29) is 30.4 Å². The molecule has 2 aromatic rings. The van der Waals surface area contributed by atoms with Gasteiger partial charge in [-0.25, -0.2) is 0 Å². The molecule has 1 aliphatic carbocycles. The highest BCUT2D eigenvalue weighted by Crippen LogP contribution is 2.29. The van der Waals surface area contributed by atoms with Crippen LogP contribution in [-0.2, 0) is 18.4 Å². The highest BCUT2D eigenvalue weighted by Gasteiger charge is 2.35. The molecule has 0 saturated heterocycles. The van der Waals surface area contributed by atoms with E-state index in [9.17, 15) is 9.59 Å². The van der Waals surface area contributed by atoms with E-state index in [1.165, 1.54) is 0 Å². The van der Waals surface area contributed by atoms with E-state index >= 15 is 0 Å². The van der Waals surface area contributed by atoms with Gasteiger partial charge in [0.1, 0.15) is 6.54 Å². The Kier molecular flexibility index (Phi) is 6.45. The van der Waals surface area contributed by atoms with E-state index in [0.717, 1.165) is 25.0 Å². The molecule has 1 heterocycles. The van der Waals surface area contributed by atoms with E-state index in [1.807, 2.05) is 48.7 Å². The van der Waals surface area contributed by atoms with Crippen LogP contribution in [0.1, 0.15) is 49.2 Å². The van der Waals surface area contributed by atoms with Crippen LogP contribution in [0.5, 0.6) is 0 Å². The fourth-order valence-corrected chi connectivity index (χ4v) is 3.53. The summed E-state index contributed by atoms with van der Waals surface area (Å²) in [5, 5.41) is 0.413. The average Bonchev–Trinajstić information content (AvgIpc) is 3.45. The van der Waals surface area contributed by atoms with Crippen molar-refractivity contribution in [2.24, 2.45) is 7.05 Å². The lowest BCUT2D eigenvalue weighted by molar-refractivity contribution is -0.133. The summed E-state index contributed by atoms with van der Waals surface area (Å²) in [6.45, 7) is 4.63. The predicted molar refractivity (Wildman–Crippen MR) is 111 cm³/mol. The third kappa shape index (κ3) is 4.58. The van der Waals surface area contributed by atoms with Crippen LogP contribution < -0.4 is 0 Å². The standard InChI is InChI=1S/C22H28ClN3O2/c1-4-16(2)25(22(28)19-9-5-6-10-20(19)23)15-21(27)26(17-11-12-17)14-18-8-7-13-24(18)3/h5-10,13,16-17H,4,11-12,14-15H2,1-3H3. The van der Waals surface area contributed by atoms with Crippen LogP contribution in [0.25, 0.3) is 0 Å². The quantitative estimate of drug-likeness (QED) is 0.668. The minimum Gasteiger partial charge on any atom is -0.353 e. The zero-order valence-corrected chi connectivity index (χ0v) is 17.5. The summed E-state index contributed by atoms with van der Waals surface area (Å²) in [5.74, 6) is -0.202. The second-order valence-electron chi connectivity index (χ2n) is 7.53. The maximum absolute atomic E-state index is 13.2. The lowest BCUT2D eigenvalue weighted by Crippen LogP contribution is -2.47. The molecule has 150 valence electrons. The van der Waals surface area contributed by atoms with Crippen molar-refractivity contribution in [3.63, 3.8) is 0 Å². The number of aryl methyl sites for hydroxylation is 1. The second kappa shape index (κ2) is 8.82. The Morgan fingerprint density at radius 1 is 1.21 bits per heavy atom. The van der Waals surface area contributed by atoms with Crippen molar-refractivity contribution >= 4 is 23.4 Å². The third-order valence-electron chi connectivity index (χ3n) is 5.49. The van der Waals surface area contributed by atoms with Crippen LogP contribution in [0.15, 0.2) is 42.6 Å². The zero-order chi connectivity index (χ0) is 20.3. The van der Waals surface area contributed by atoms with Crippen molar-refractivity contribution in [2.75, 3.05) is 6.54 Å². The highest BCUT2D eigenvalue weighted by molar-refractivity contribution is 6.33. The van der Waals surface area contributed by atoms with Crippen LogP contribution in [0, 0.1) is 0 Å². The summed E-state index contributed by atoms with van der Waals surface area (Å²) in [7, 11) is 1.98. The van der Waals surface area contributed by atoms with Gasteiger partial charge in [0.2, 0.25) is 5.91 Å². The fourth-order valence-electron chi connectivity index (χ4n) is 3.32. The van der Waals surface area contributed by atoms with Crippen molar-refractivity contribution < 1.29 is 9.59 Å². The van der Waals surface area contributed by atoms with Crippen molar-refractivity contribution in [1.29, 1.82) is 0 Å². The molecule has 1 atom stereocenters. The van der Waals surface area contributed by atoms with Gasteiger partial charge in [0.25, 0.3) is 5.91 Å². The molecule has 28 heavy (non-hydrogen) atoms. The molecule has 3 rings (SSSR count). The normalized spacial score (nSPS) is 14.6. The summed E-state index contributed by atoms with van der Waals surface area (Å²) >= 11 is 6.24. The maximum Gasteiger partial charge on any atom is 0.256 e. The van der Waals surface area contributed by atoms with Gasteiger partial charge in [-0.15, -0.1) is 0 Å². The number of halogens is 1. The molecule has 1 saturated carbocycles.